The Labute approximate surface area is 342 Å². The summed E-state index contributed by atoms with van der Waals surface area (Å²) in [5, 5.41) is 32.2. The molecule has 6 heterocycles. The molecule has 0 bridgehead atoms. The van der Waals surface area contributed by atoms with Gasteiger partial charge in [0.05, 0.1) is 74.8 Å². The summed E-state index contributed by atoms with van der Waals surface area (Å²) in [7, 11) is 0. The van der Waals surface area contributed by atoms with Gasteiger partial charge in [0.25, 0.3) is 0 Å². The maximum atomic E-state index is 12.0. The Bertz CT molecular complexity index is 1450. The van der Waals surface area contributed by atoms with Crippen molar-refractivity contribution in [3.63, 3.8) is 0 Å². The number of morpholine rings is 3. The highest BCUT2D eigenvalue weighted by atomic mass is 32.2. The van der Waals surface area contributed by atoms with Crippen molar-refractivity contribution in [2.24, 2.45) is 0 Å². The van der Waals surface area contributed by atoms with Gasteiger partial charge >= 0.3 is 18.5 Å². The number of hydrogen-bond donors (Lipinski definition) is 3. The molecule has 3 N–H and O–H groups in total. The quantitative estimate of drug-likeness (QED) is 0.226. The van der Waals surface area contributed by atoms with E-state index in [0.717, 1.165) is 0 Å². The van der Waals surface area contributed by atoms with Gasteiger partial charge in [0.2, 0.25) is 17.6 Å². The van der Waals surface area contributed by atoms with Crippen molar-refractivity contribution in [1.29, 1.82) is 0 Å². The highest BCUT2D eigenvalue weighted by Crippen LogP contribution is 2.22. The first-order chi connectivity index (χ1) is 28.2. The van der Waals surface area contributed by atoms with Crippen molar-refractivity contribution in [2.45, 2.75) is 75.6 Å². The van der Waals surface area contributed by atoms with Crippen molar-refractivity contribution in [3.8, 4) is 17.6 Å². The van der Waals surface area contributed by atoms with E-state index in [1.807, 2.05) is 20.8 Å². The Morgan fingerprint density at radius 2 is 0.750 bits per heavy atom. The summed E-state index contributed by atoms with van der Waals surface area (Å²) in [6.45, 7) is 5.05. The summed E-state index contributed by atoms with van der Waals surface area (Å²) in [4.78, 5) is 0. The second-order valence-corrected chi connectivity index (χ2v) is 13.5. The molecule has 3 saturated heterocycles. The number of alkyl halides is 9. The third kappa shape index (κ3) is 20.5. The predicted molar refractivity (Wildman–Crippen MR) is 194 cm³/mol. The predicted octanol–water partition coefficient (Wildman–Crippen LogP) is 5.64. The molecule has 26 heteroatoms. The van der Waals surface area contributed by atoms with Crippen molar-refractivity contribution in [1.82, 2.24) is 46.5 Å². The smallest absolute Gasteiger partial charge is 0.422 e. The van der Waals surface area contributed by atoms with Crippen molar-refractivity contribution < 1.29 is 71.8 Å². The Balaban J connectivity index is 0.000000232. The normalized spacial score (nSPS) is 23.3. The molecule has 3 fully saturated rings. The molecule has 3 aromatic heterocycles. The lowest BCUT2D eigenvalue weighted by Gasteiger charge is -2.28. The van der Waals surface area contributed by atoms with Gasteiger partial charge in [-0.15, -0.1) is 15.3 Å². The van der Waals surface area contributed by atoms with Gasteiger partial charge in [-0.3, -0.25) is 0 Å². The lowest BCUT2D eigenvalue weighted by atomic mass is 10.1. The molecule has 6 rings (SSSR count). The molecule has 0 aromatic carbocycles. The third-order valence-corrected chi connectivity index (χ3v) is 7.62. The molecule has 0 radical (unpaired) electrons. The van der Waals surface area contributed by atoms with Crippen LogP contribution in [0.2, 0.25) is 0 Å². The Kier molecular flexibility index (Phi) is 20.6. The number of nitrogens with zero attached hydrogens (tertiary/aromatic N) is 6. The van der Waals surface area contributed by atoms with Crippen LogP contribution in [0.25, 0.3) is 0 Å². The monoisotopic (exact) mass is 897 g/mol. The van der Waals surface area contributed by atoms with E-state index in [4.69, 9.17) is 14.2 Å². The lowest BCUT2D eigenvalue weighted by Crippen LogP contribution is -2.42. The number of aromatic nitrogens is 6. The molecular formula is C34H45F10N9O6S. The van der Waals surface area contributed by atoms with Crippen LogP contribution in [0.4, 0.5) is 43.4 Å². The van der Waals surface area contributed by atoms with Crippen LogP contribution in [-0.4, -0.2) is 133 Å². The third-order valence-electron chi connectivity index (χ3n) is 7.62. The lowest BCUT2D eigenvalue weighted by molar-refractivity contribution is -0.154. The standard InChI is InChI=1S/3C11H14F3N3O2.CH3FS/c3*1-7-4-18-5-9(15-7)8-2-3-10(17-16-8)19-6-11(12,13)14;1-3-2/h3*2-3,7,9,15H,4-6H2,1H3;1H3/t2*7-,9-;;/m10../s1. The second-order valence-electron chi connectivity index (χ2n) is 13.2. The van der Waals surface area contributed by atoms with E-state index in [1.165, 1.54) is 24.5 Å². The first-order valence-electron chi connectivity index (χ1n) is 18.0. The SMILES string of the molecule is CC1COCC(c2ccc(OCC(F)(F)F)nn2)N1.CSF.C[C@@H]1COC[C@H](c2ccc(OCC(F)(F)F)nn2)N1.C[C@H]1COC[C@@H](c2ccc(OCC(F)(F)F)nn2)N1. The molecule has 3 aromatic rings. The number of nitrogens with one attached hydrogen (secondary N) is 3. The first kappa shape index (κ1) is 50.4. The molecule has 338 valence electrons. The Morgan fingerprint density at radius 1 is 0.500 bits per heavy atom. The van der Waals surface area contributed by atoms with Gasteiger partial charge < -0.3 is 44.4 Å². The van der Waals surface area contributed by atoms with Crippen molar-refractivity contribution in [2.75, 3.05) is 65.7 Å². The van der Waals surface area contributed by atoms with Gasteiger partial charge in [0, 0.05) is 54.7 Å². The highest BCUT2D eigenvalue weighted by molar-refractivity contribution is 7.93. The Hall–Kier alpha value is -3.95. The minimum Gasteiger partial charge on any atom is -0.467 e. The van der Waals surface area contributed by atoms with E-state index in [0.29, 0.717) is 56.7 Å². The van der Waals surface area contributed by atoms with Crippen molar-refractivity contribution in [3.05, 3.63) is 53.5 Å². The van der Waals surface area contributed by atoms with E-state index in [9.17, 15) is 43.4 Å². The van der Waals surface area contributed by atoms with Gasteiger partial charge in [-0.05, 0) is 39.0 Å². The maximum Gasteiger partial charge on any atom is 0.422 e. The van der Waals surface area contributed by atoms with Crippen LogP contribution in [0.3, 0.4) is 0 Å². The van der Waals surface area contributed by atoms with E-state index in [-0.39, 0.29) is 66.0 Å². The second kappa shape index (κ2) is 24.5. The molecule has 0 saturated carbocycles. The molecule has 15 nitrogen and oxygen atoms in total. The maximum absolute atomic E-state index is 12.0. The Morgan fingerprint density at radius 3 is 0.933 bits per heavy atom. The first-order valence-corrected chi connectivity index (χ1v) is 19.1. The largest absolute Gasteiger partial charge is 0.467 e. The zero-order valence-corrected chi connectivity index (χ0v) is 33.4. The number of rotatable bonds is 9. The fourth-order valence-electron chi connectivity index (χ4n) is 5.17. The molecule has 0 aliphatic carbocycles. The molecule has 3 aliphatic heterocycles. The fraction of sp³-hybridized carbons (Fsp3) is 0.647. The van der Waals surface area contributed by atoms with E-state index >= 15 is 0 Å². The van der Waals surface area contributed by atoms with Crippen LogP contribution in [0.1, 0.15) is 56.0 Å². The highest BCUT2D eigenvalue weighted by Gasteiger charge is 2.31. The number of halogens is 10. The van der Waals surface area contributed by atoms with Crippen LogP contribution >= 0.6 is 12.1 Å². The number of hydrogen-bond acceptors (Lipinski definition) is 16. The van der Waals surface area contributed by atoms with Gasteiger partial charge in [0.15, 0.2) is 19.8 Å². The van der Waals surface area contributed by atoms with Gasteiger partial charge in [0.1, 0.15) is 0 Å². The molecule has 60 heavy (non-hydrogen) atoms. The summed E-state index contributed by atoms with van der Waals surface area (Å²) < 4.78 is 147. The molecule has 0 amide bonds. The van der Waals surface area contributed by atoms with Crippen LogP contribution < -0.4 is 30.2 Å². The van der Waals surface area contributed by atoms with Gasteiger partial charge in [-0.25, -0.2) is 0 Å². The van der Waals surface area contributed by atoms with Gasteiger partial charge in [-0.2, -0.15) is 58.7 Å². The minimum absolute atomic E-state index is 0.104. The topological polar surface area (TPSA) is 169 Å². The van der Waals surface area contributed by atoms with E-state index < -0.39 is 38.3 Å². The minimum atomic E-state index is -4.38. The molecule has 6 atom stereocenters. The van der Waals surface area contributed by atoms with Crippen LogP contribution in [-0.2, 0) is 14.2 Å². The van der Waals surface area contributed by atoms with Crippen molar-refractivity contribution >= 4 is 12.1 Å². The summed E-state index contributed by atoms with van der Waals surface area (Å²) in [6.07, 6.45) is -11.8. The summed E-state index contributed by atoms with van der Waals surface area (Å²) in [5.41, 5.74) is 1.85. The van der Waals surface area contributed by atoms with Crippen LogP contribution in [0, 0.1) is 0 Å². The summed E-state index contributed by atoms with van der Waals surface area (Å²) in [6, 6.07) is 9.13. The van der Waals surface area contributed by atoms with E-state index in [2.05, 4.69) is 60.8 Å². The molecule has 3 aliphatic rings. The molecule has 0 spiro atoms. The van der Waals surface area contributed by atoms with E-state index in [1.54, 1.807) is 18.2 Å². The summed E-state index contributed by atoms with van der Waals surface area (Å²) in [5.74, 6) is -0.442. The zero-order valence-electron chi connectivity index (χ0n) is 32.6. The summed E-state index contributed by atoms with van der Waals surface area (Å²) >= 11 is 0.250. The molecule has 2 unspecified atom stereocenters. The van der Waals surface area contributed by atoms with Crippen LogP contribution in [0.15, 0.2) is 36.4 Å². The zero-order chi connectivity index (χ0) is 44.3. The number of ether oxygens (including phenoxy) is 6. The average Bonchev–Trinajstić information content (AvgIpc) is 3.19. The molecular weight excluding hydrogens is 852 g/mol. The fourth-order valence-corrected chi connectivity index (χ4v) is 5.17. The van der Waals surface area contributed by atoms with Gasteiger partial charge in [-0.1, -0.05) is 0 Å². The average molecular weight is 898 g/mol. The van der Waals surface area contributed by atoms with Crippen LogP contribution in [0.5, 0.6) is 17.6 Å².